The lowest BCUT2D eigenvalue weighted by Crippen LogP contribution is -2.50. The fourth-order valence-electron chi connectivity index (χ4n) is 2.51. The smallest absolute Gasteiger partial charge is 0.0718 e. The standard InChI is InChI=1S/C13H26N2O2/c1-13(2)3-4-15(11-12(13)16)6-5-14-7-9-17-10-8-14/h12,16H,3-11H2,1-2H3. The van der Waals surface area contributed by atoms with Gasteiger partial charge in [-0.05, 0) is 18.4 Å². The van der Waals surface area contributed by atoms with Crippen LogP contribution >= 0.6 is 0 Å². The zero-order valence-corrected chi connectivity index (χ0v) is 11.2. The van der Waals surface area contributed by atoms with E-state index >= 15 is 0 Å². The summed E-state index contributed by atoms with van der Waals surface area (Å²) in [6.45, 7) is 12.3. The number of β-amino-alcohol motifs (C(OH)–C–C–N with tert-alkyl or cyclic N) is 1. The predicted octanol–water partition coefficient (Wildman–Crippen LogP) is 0.411. The van der Waals surface area contributed by atoms with Gasteiger partial charge in [0.05, 0.1) is 19.3 Å². The number of hydrogen-bond acceptors (Lipinski definition) is 4. The van der Waals surface area contributed by atoms with Gasteiger partial charge in [-0.1, -0.05) is 13.8 Å². The lowest BCUT2D eigenvalue weighted by atomic mass is 9.80. The highest BCUT2D eigenvalue weighted by atomic mass is 16.5. The summed E-state index contributed by atoms with van der Waals surface area (Å²) in [5.74, 6) is 0. The van der Waals surface area contributed by atoms with Crippen LogP contribution in [0.25, 0.3) is 0 Å². The van der Waals surface area contributed by atoms with E-state index in [0.717, 1.165) is 58.9 Å². The van der Waals surface area contributed by atoms with E-state index < -0.39 is 0 Å². The third-order valence-corrected chi connectivity index (χ3v) is 4.24. The van der Waals surface area contributed by atoms with E-state index in [1.165, 1.54) is 0 Å². The first-order valence-electron chi connectivity index (χ1n) is 6.78. The van der Waals surface area contributed by atoms with Gasteiger partial charge in [0.1, 0.15) is 0 Å². The molecule has 2 aliphatic rings. The number of piperidine rings is 1. The molecule has 1 unspecified atom stereocenters. The first kappa shape index (κ1) is 13.3. The van der Waals surface area contributed by atoms with Crippen LogP contribution in [0.2, 0.25) is 0 Å². The van der Waals surface area contributed by atoms with Crippen molar-refractivity contribution in [2.24, 2.45) is 5.41 Å². The number of ether oxygens (including phenoxy) is 1. The molecule has 0 aromatic heterocycles. The van der Waals surface area contributed by atoms with Gasteiger partial charge < -0.3 is 9.84 Å². The normalized spacial score (nSPS) is 31.6. The average Bonchev–Trinajstić information content (AvgIpc) is 2.32. The number of hydrogen-bond donors (Lipinski definition) is 1. The van der Waals surface area contributed by atoms with Crippen molar-refractivity contribution in [3.8, 4) is 0 Å². The highest BCUT2D eigenvalue weighted by Crippen LogP contribution is 2.30. The summed E-state index contributed by atoms with van der Waals surface area (Å²) < 4.78 is 5.34. The molecule has 0 radical (unpaired) electrons. The number of likely N-dealkylation sites (tertiary alicyclic amines) is 1. The minimum atomic E-state index is -0.180. The van der Waals surface area contributed by atoms with Gasteiger partial charge in [-0.2, -0.15) is 0 Å². The van der Waals surface area contributed by atoms with Crippen LogP contribution in [-0.4, -0.2) is 73.5 Å². The summed E-state index contributed by atoms with van der Waals surface area (Å²) in [5.41, 5.74) is 0.0927. The lowest BCUT2D eigenvalue weighted by molar-refractivity contribution is -0.0307. The van der Waals surface area contributed by atoms with Gasteiger partial charge in [-0.15, -0.1) is 0 Å². The molecule has 0 amide bonds. The van der Waals surface area contributed by atoms with E-state index in [2.05, 4.69) is 23.6 Å². The molecule has 4 nitrogen and oxygen atoms in total. The van der Waals surface area contributed by atoms with Crippen LogP contribution in [0.3, 0.4) is 0 Å². The Morgan fingerprint density at radius 1 is 1.12 bits per heavy atom. The van der Waals surface area contributed by atoms with Crippen LogP contribution in [0.15, 0.2) is 0 Å². The van der Waals surface area contributed by atoms with Crippen molar-refractivity contribution in [2.75, 3.05) is 52.5 Å². The molecule has 0 spiro atoms. The van der Waals surface area contributed by atoms with Crippen molar-refractivity contribution in [1.82, 2.24) is 9.80 Å². The molecule has 0 aromatic carbocycles. The molecule has 2 rings (SSSR count). The molecule has 1 N–H and O–H groups in total. The van der Waals surface area contributed by atoms with Crippen molar-refractivity contribution in [2.45, 2.75) is 26.4 Å². The van der Waals surface area contributed by atoms with E-state index in [4.69, 9.17) is 4.74 Å². The van der Waals surface area contributed by atoms with Crippen LogP contribution in [0.1, 0.15) is 20.3 Å². The largest absolute Gasteiger partial charge is 0.391 e. The number of aliphatic hydroxyl groups excluding tert-OH is 1. The van der Waals surface area contributed by atoms with Gasteiger partial charge in [0.2, 0.25) is 0 Å². The SMILES string of the molecule is CC1(C)CCN(CCN2CCOCC2)CC1O. The van der Waals surface area contributed by atoms with Gasteiger partial charge in [-0.3, -0.25) is 9.80 Å². The Kier molecular flexibility index (Phi) is 4.42. The van der Waals surface area contributed by atoms with Gasteiger partial charge in [0.15, 0.2) is 0 Å². The second-order valence-corrected chi connectivity index (χ2v) is 6.01. The monoisotopic (exact) mass is 242 g/mol. The summed E-state index contributed by atoms with van der Waals surface area (Å²) >= 11 is 0. The third kappa shape index (κ3) is 3.65. The van der Waals surface area contributed by atoms with E-state index in [0.29, 0.717) is 0 Å². The Morgan fingerprint density at radius 2 is 1.76 bits per heavy atom. The van der Waals surface area contributed by atoms with Gasteiger partial charge in [0, 0.05) is 32.7 Å². The van der Waals surface area contributed by atoms with E-state index in [1.807, 2.05) is 0 Å². The number of rotatable bonds is 3. The molecule has 1 atom stereocenters. The maximum absolute atomic E-state index is 10.1. The maximum atomic E-state index is 10.1. The fraction of sp³-hybridized carbons (Fsp3) is 1.00. The average molecular weight is 242 g/mol. The predicted molar refractivity (Wildman–Crippen MR) is 68.1 cm³/mol. The summed E-state index contributed by atoms with van der Waals surface area (Å²) in [6.07, 6.45) is 0.915. The number of nitrogens with zero attached hydrogens (tertiary/aromatic N) is 2. The quantitative estimate of drug-likeness (QED) is 0.778. The zero-order valence-electron chi connectivity index (χ0n) is 11.2. The van der Waals surface area contributed by atoms with Gasteiger partial charge in [0.25, 0.3) is 0 Å². The van der Waals surface area contributed by atoms with Crippen molar-refractivity contribution in [3.63, 3.8) is 0 Å². The number of aliphatic hydroxyl groups is 1. The second kappa shape index (κ2) is 5.65. The summed E-state index contributed by atoms with van der Waals surface area (Å²) in [7, 11) is 0. The lowest BCUT2D eigenvalue weighted by Gasteiger charge is -2.42. The summed E-state index contributed by atoms with van der Waals surface area (Å²) in [6, 6.07) is 0. The molecule has 2 heterocycles. The van der Waals surface area contributed by atoms with Crippen molar-refractivity contribution < 1.29 is 9.84 Å². The molecule has 2 aliphatic heterocycles. The Hall–Kier alpha value is -0.160. The van der Waals surface area contributed by atoms with Crippen molar-refractivity contribution in [3.05, 3.63) is 0 Å². The topological polar surface area (TPSA) is 35.9 Å². The minimum Gasteiger partial charge on any atom is -0.391 e. The molecule has 100 valence electrons. The van der Waals surface area contributed by atoms with Gasteiger partial charge in [-0.25, -0.2) is 0 Å². The van der Waals surface area contributed by atoms with Crippen molar-refractivity contribution in [1.29, 1.82) is 0 Å². The highest BCUT2D eigenvalue weighted by molar-refractivity contribution is 4.86. The molecule has 4 heteroatoms. The summed E-state index contributed by atoms with van der Waals surface area (Å²) in [4.78, 5) is 4.85. The zero-order chi connectivity index (χ0) is 12.3. The molecule has 0 bridgehead atoms. The fourth-order valence-corrected chi connectivity index (χ4v) is 2.51. The first-order valence-corrected chi connectivity index (χ1v) is 6.78. The Balaban J connectivity index is 1.70. The van der Waals surface area contributed by atoms with Gasteiger partial charge >= 0.3 is 0 Å². The second-order valence-electron chi connectivity index (χ2n) is 6.01. The summed E-state index contributed by atoms with van der Waals surface area (Å²) in [5, 5.41) is 10.1. The molecule has 2 fully saturated rings. The van der Waals surface area contributed by atoms with Crippen LogP contribution in [0.4, 0.5) is 0 Å². The van der Waals surface area contributed by atoms with Crippen LogP contribution in [0, 0.1) is 5.41 Å². The Labute approximate surface area is 105 Å². The molecule has 0 aliphatic carbocycles. The highest BCUT2D eigenvalue weighted by Gasteiger charge is 2.33. The van der Waals surface area contributed by atoms with Crippen LogP contribution in [0.5, 0.6) is 0 Å². The van der Waals surface area contributed by atoms with Crippen LogP contribution in [-0.2, 0) is 4.74 Å². The molecular weight excluding hydrogens is 216 g/mol. The molecule has 0 saturated carbocycles. The van der Waals surface area contributed by atoms with E-state index in [-0.39, 0.29) is 11.5 Å². The van der Waals surface area contributed by atoms with E-state index in [1.54, 1.807) is 0 Å². The van der Waals surface area contributed by atoms with E-state index in [9.17, 15) is 5.11 Å². The molecule has 2 saturated heterocycles. The Bertz CT molecular complexity index is 240. The maximum Gasteiger partial charge on any atom is 0.0718 e. The molecular formula is C13H26N2O2. The Morgan fingerprint density at radius 3 is 2.41 bits per heavy atom. The molecule has 17 heavy (non-hydrogen) atoms. The first-order chi connectivity index (χ1) is 8.08. The van der Waals surface area contributed by atoms with Crippen LogP contribution < -0.4 is 0 Å². The minimum absolute atomic E-state index is 0.0927. The van der Waals surface area contributed by atoms with Crippen molar-refractivity contribution >= 4 is 0 Å². The number of morpholine rings is 1. The third-order valence-electron chi connectivity index (χ3n) is 4.24. The molecule has 0 aromatic rings.